The zero-order valence-corrected chi connectivity index (χ0v) is 8.64. The van der Waals surface area contributed by atoms with Crippen LogP contribution in [0.25, 0.3) is 0 Å². The Morgan fingerprint density at radius 1 is 1.69 bits per heavy atom. The molecule has 1 saturated heterocycles. The van der Waals surface area contributed by atoms with Crippen LogP contribution in [0.5, 0.6) is 0 Å². The summed E-state index contributed by atoms with van der Waals surface area (Å²) < 4.78 is 5.58. The fourth-order valence-electron chi connectivity index (χ4n) is 1.78. The van der Waals surface area contributed by atoms with Gasteiger partial charge in [-0.05, 0) is 36.8 Å². The standard InChI is InChI=1S/C10H15NOS/c1-7-4-6-13-10(7)9(11)8-3-2-5-12-8/h4,6,8-9H,2-3,5,11H2,1H3. The van der Waals surface area contributed by atoms with Gasteiger partial charge < -0.3 is 10.5 Å². The average molecular weight is 197 g/mol. The van der Waals surface area contributed by atoms with Crippen molar-refractivity contribution in [1.29, 1.82) is 0 Å². The SMILES string of the molecule is Cc1ccsc1C(N)C1CCCO1. The van der Waals surface area contributed by atoms with Crippen molar-refractivity contribution in [3.8, 4) is 0 Å². The lowest BCUT2D eigenvalue weighted by molar-refractivity contribution is 0.0908. The maximum atomic E-state index is 6.13. The highest BCUT2D eigenvalue weighted by molar-refractivity contribution is 7.10. The molecular weight excluding hydrogens is 182 g/mol. The number of hydrogen-bond acceptors (Lipinski definition) is 3. The van der Waals surface area contributed by atoms with Crippen LogP contribution >= 0.6 is 11.3 Å². The van der Waals surface area contributed by atoms with Gasteiger partial charge in [0.2, 0.25) is 0 Å². The van der Waals surface area contributed by atoms with Crippen LogP contribution < -0.4 is 5.73 Å². The van der Waals surface area contributed by atoms with E-state index in [1.807, 2.05) is 0 Å². The van der Waals surface area contributed by atoms with Crippen molar-refractivity contribution < 1.29 is 4.74 Å². The van der Waals surface area contributed by atoms with Gasteiger partial charge in [0.05, 0.1) is 12.1 Å². The molecule has 1 aliphatic rings. The molecule has 0 aromatic carbocycles. The van der Waals surface area contributed by atoms with Gasteiger partial charge in [0.25, 0.3) is 0 Å². The van der Waals surface area contributed by atoms with Crippen molar-refractivity contribution >= 4 is 11.3 Å². The van der Waals surface area contributed by atoms with E-state index in [4.69, 9.17) is 10.5 Å². The zero-order chi connectivity index (χ0) is 9.26. The molecule has 1 aromatic heterocycles. The number of nitrogens with two attached hydrogens (primary N) is 1. The van der Waals surface area contributed by atoms with E-state index in [1.54, 1.807) is 11.3 Å². The highest BCUT2D eigenvalue weighted by Crippen LogP contribution is 2.30. The molecule has 0 spiro atoms. The highest BCUT2D eigenvalue weighted by Gasteiger charge is 2.25. The van der Waals surface area contributed by atoms with Gasteiger partial charge in [-0.15, -0.1) is 11.3 Å². The molecule has 0 radical (unpaired) electrons. The minimum absolute atomic E-state index is 0.0856. The Balaban J connectivity index is 2.12. The summed E-state index contributed by atoms with van der Waals surface area (Å²) in [5.41, 5.74) is 7.43. The fourth-order valence-corrected chi connectivity index (χ4v) is 2.76. The van der Waals surface area contributed by atoms with E-state index in [1.165, 1.54) is 10.4 Å². The Morgan fingerprint density at radius 3 is 3.08 bits per heavy atom. The number of aryl methyl sites for hydroxylation is 1. The van der Waals surface area contributed by atoms with E-state index in [0.29, 0.717) is 0 Å². The zero-order valence-electron chi connectivity index (χ0n) is 7.82. The largest absolute Gasteiger partial charge is 0.376 e. The summed E-state index contributed by atoms with van der Waals surface area (Å²) in [6.07, 6.45) is 2.51. The molecule has 0 aliphatic carbocycles. The van der Waals surface area contributed by atoms with Gasteiger partial charge >= 0.3 is 0 Å². The van der Waals surface area contributed by atoms with Gasteiger partial charge in [-0.2, -0.15) is 0 Å². The van der Waals surface area contributed by atoms with Crippen LogP contribution in [0.15, 0.2) is 11.4 Å². The van der Waals surface area contributed by atoms with E-state index >= 15 is 0 Å². The molecule has 1 aliphatic heterocycles. The normalized spacial score (nSPS) is 24.9. The van der Waals surface area contributed by atoms with Crippen molar-refractivity contribution in [3.63, 3.8) is 0 Å². The van der Waals surface area contributed by atoms with Crippen molar-refractivity contribution in [2.75, 3.05) is 6.61 Å². The first kappa shape index (κ1) is 9.19. The summed E-state index contributed by atoms with van der Waals surface area (Å²) in [6.45, 7) is 2.99. The number of hydrogen-bond donors (Lipinski definition) is 1. The summed E-state index contributed by atoms with van der Waals surface area (Å²) in [5.74, 6) is 0. The molecule has 2 heterocycles. The Bertz CT molecular complexity index is 278. The molecule has 72 valence electrons. The molecule has 2 N–H and O–H groups in total. The van der Waals surface area contributed by atoms with Crippen LogP contribution in [0.3, 0.4) is 0 Å². The van der Waals surface area contributed by atoms with E-state index in [9.17, 15) is 0 Å². The summed E-state index contributed by atoms with van der Waals surface area (Å²) in [7, 11) is 0. The summed E-state index contributed by atoms with van der Waals surface area (Å²) in [6, 6.07) is 2.21. The molecule has 13 heavy (non-hydrogen) atoms. The number of rotatable bonds is 2. The quantitative estimate of drug-likeness (QED) is 0.789. The minimum Gasteiger partial charge on any atom is -0.376 e. The summed E-state index contributed by atoms with van der Waals surface area (Å²) in [5, 5.41) is 2.10. The van der Waals surface area contributed by atoms with Crippen LogP contribution in [0.1, 0.15) is 29.3 Å². The van der Waals surface area contributed by atoms with Crippen LogP contribution in [-0.2, 0) is 4.74 Å². The van der Waals surface area contributed by atoms with Gasteiger partial charge in [0.1, 0.15) is 0 Å². The Labute approximate surface area is 82.7 Å². The molecule has 2 nitrogen and oxygen atoms in total. The van der Waals surface area contributed by atoms with Crippen LogP contribution in [-0.4, -0.2) is 12.7 Å². The molecule has 0 amide bonds. The third-order valence-corrected chi connectivity index (χ3v) is 3.69. The highest BCUT2D eigenvalue weighted by atomic mass is 32.1. The molecule has 2 atom stereocenters. The molecule has 0 bridgehead atoms. The fraction of sp³-hybridized carbons (Fsp3) is 0.600. The maximum absolute atomic E-state index is 6.13. The third kappa shape index (κ3) is 1.77. The monoisotopic (exact) mass is 197 g/mol. The van der Waals surface area contributed by atoms with Crippen molar-refractivity contribution in [1.82, 2.24) is 0 Å². The van der Waals surface area contributed by atoms with Crippen LogP contribution in [0.2, 0.25) is 0 Å². The van der Waals surface area contributed by atoms with E-state index in [0.717, 1.165) is 19.4 Å². The molecule has 1 aromatic rings. The molecule has 2 unspecified atom stereocenters. The Kier molecular flexibility index (Phi) is 2.67. The van der Waals surface area contributed by atoms with Gasteiger partial charge in [-0.3, -0.25) is 0 Å². The first-order chi connectivity index (χ1) is 6.29. The summed E-state index contributed by atoms with van der Waals surface area (Å²) in [4.78, 5) is 1.28. The lowest BCUT2D eigenvalue weighted by atomic mass is 10.1. The van der Waals surface area contributed by atoms with Crippen molar-refractivity contribution in [2.45, 2.75) is 31.9 Å². The lowest BCUT2D eigenvalue weighted by Gasteiger charge is -2.17. The second-order valence-electron chi connectivity index (χ2n) is 3.55. The van der Waals surface area contributed by atoms with Crippen molar-refractivity contribution in [2.24, 2.45) is 5.73 Å². The second-order valence-corrected chi connectivity index (χ2v) is 4.49. The summed E-state index contributed by atoms with van der Waals surface area (Å²) >= 11 is 1.74. The third-order valence-electron chi connectivity index (χ3n) is 2.57. The second kappa shape index (κ2) is 3.78. The lowest BCUT2D eigenvalue weighted by Crippen LogP contribution is -2.25. The van der Waals surface area contributed by atoms with E-state index < -0.39 is 0 Å². The Hall–Kier alpha value is -0.380. The molecule has 1 fully saturated rings. The number of thiophene rings is 1. The maximum Gasteiger partial charge on any atom is 0.0776 e. The predicted molar refractivity (Wildman–Crippen MR) is 55.0 cm³/mol. The first-order valence-corrected chi connectivity index (χ1v) is 5.58. The van der Waals surface area contributed by atoms with Gasteiger partial charge in [-0.1, -0.05) is 0 Å². The van der Waals surface area contributed by atoms with Gasteiger partial charge in [-0.25, -0.2) is 0 Å². The van der Waals surface area contributed by atoms with E-state index in [2.05, 4.69) is 18.4 Å². The molecule has 0 saturated carbocycles. The average Bonchev–Trinajstić information content (AvgIpc) is 2.72. The molecule has 2 rings (SSSR count). The first-order valence-electron chi connectivity index (χ1n) is 4.70. The van der Waals surface area contributed by atoms with E-state index in [-0.39, 0.29) is 12.1 Å². The van der Waals surface area contributed by atoms with Crippen LogP contribution in [0.4, 0.5) is 0 Å². The topological polar surface area (TPSA) is 35.2 Å². The predicted octanol–water partition coefficient (Wildman–Crippen LogP) is 2.24. The van der Waals surface area contributed by atoms with Crippen LogP contribution in [0, 0.1) is 6.92 Å². The minimum atomic E-state index is 0.0856. The van der Waals surface area contributed by atoms with Gasteiger partial charge in [0, 0.05) is 11.5 Å². The molecule has 3 heteroatoms. The molecular formula is C10H15NOS. The number of ether oxygens (including phenoxy) is 1. The smallest absolute Gasteiger partial charge is 0.0776 e. The van der Waals surface area contributed by atoms with Crippen molar-refractivity contribution in [3.05, 3.63) is 21.9 Å². The van der Waals surface area contributed by atoms with Gasteiger partial charge in [0.15, 0.2) is 0 Å². The Morgan fingerprint density at radius 2 is 2.54 bits per heavy atom.